The number of nitrogens with two attached hydrogens (primary N) is 2. The molecule has 2 aromatic rings. The van der Waals surface area contributed by atoms with Crippen LogP contribution in [0.1, 0.15) is 45.1 Å². The lowest BCUT2D eigenvalue weighted by molar-refractivity contribution is 0.0871. The molecule has 0 saturated heterocycles. The van der Waals surface area contributed by atoms with E-state index in [1.165, 1.54) is 7.11 Å². The number of Topliss-reactive ketones (excluding diaryl/α,β-unsaturated/α-hetero) is 2. The maximum atomic E-state index is 13.5. The molecule has 33 heavy (non-hydrogen) atoms. The Morgan fingerprint density at radius 1 is 1.15 bits per heavy atom. The number of carbonyl (C=O) groups excluding carboxylic acids is 3. The second-order valence-electron chi connectivity index (χ2n) is 8.00. The molecule has 2 atom stereocenters. The monoisotopic (exact) mass is 453 g/mol. The van der Waals surface area contributed by atoms with E-state index in [-0.39, 0.29) is 35.1 Å². The van der Waals surface area contributed by atoms with Crippen molar-refractivity contribution in [2.75, 3.05) is 25.5 Å². The fourth-order valence-corrected chi connectivity index (χ4v) is 4.52. The number of fused-ring (bicyclic) bond motifs is 3. The summed E-state index contributed by atoms with van der Waals surface area (Å²) in [6.07, 6.45) is -1.53. The highest BCUT2D eigenvalue weighted by Crippen LogP contribution is 2.41. The SMILES string of the molecule is CO[C@@H]1c2c(COC(N)=O)c3c(n2C[C@@H]1N)C(=O)C(C)=C(NCCNc1ccccc1)C3=O. The number of ether oxygens (including phenoxy) is 2. The summed E-state index contributed by atoms with van der Waals surface area (Å²) < 4.78 is 12.3. The zero-order valence-corrected chi connectivity index (χ0v) is 18.5. The van der Waals surface area contributed by atoms with Gasteiger partial charge in [0, 0.05) is 43.6 Å². The highest BCUT2D eigenvalue weighted by molar-refractivity contribution is 6.26. The molecule has 10 heteroatoms. The quantitative estimate of drug-likeness (QED) is 0.439. The number of carbonyl (C=O) groups is 3. The van der Waals surface area contributed by atoms with Crippen molar-refractivity contribution in [1.29, 1.82) is 0 Å². The number of nitrogens with one attached hydrogen (secondary N) is 2. The number of rotatable bonds is 8. The van der Waals surface area contributed by atoms with Crippen molar-refractivity contribution < 1.29 is 23.9 Å². The van der Waals surface area contributed by atoms with E-state index >= 15 is 0 Å². The summed E-state index contributed by atoms with van der Waals surface area (Å²) in [5.74, 6) is -0.617. The summed E-state index contributed by atoms with van der Waals surface area (Å²) in [6, 6.07) is 9.26. The average molecular weight is 453 g/mol. The first-order valence-electron chi connectivity index (χ1n) is 10.6. The average Bonchev–Trinajstić information content (AvgIpc) is 3.28. The van der Waals surface area contributed by atoms with Gasteiger partial charge >= 0.3 is 6.09 Å². The molecule has 0 spiro atoms. The number of amides is 1. The van der Waals surface area contributed by atoms with Crippen LogP contribution in [0, 0.1) is 0 Å². The molecule has 1 aliphatic carbocycles. The van der Waals surface area contributed by atoms with E-state index in [0.717, 1.165) is 5.69 Å². The lowest BCUT2D eigenvalue weighted by Gasteiger charge is -2.21. The molecule has 0 saturated carbocycles. The second kappa shape index (κ2) is 9.08. The highest BCUT2D eigenvalue weighted by atomic mass is 16.5. The van der Waals surface area contributed by atoms with E-state index in [0.29, 0.717) is 36.5 Å². The van der Waals surface area contributed by atoms with Gasteiger partial charge in [-0.15, -0.1) is 0 Å². The van der Waals surface area contributed by atoms with Crippen molar-refractivity contribution in [2.45, 2.75) is 32.2 Å². The Bertz CT molecular complexity index is 1140. The van der Waals surface area contributed by atoms with E-state index in [1.807, 2.05) is 30.3 Å². The fraction of sp³-hybridized carbons (Fsp3) is 0.348. The number of para-hydroxylation sites is 1. The standard InChI is InChI=1S/C23H27N5O5/c1-12-17(27-9-8-26-13-6-4-3-5-7-13)21(30)16-14(11-33-23(25)31)18-22(32-2)15(24)10-28(18)19(16)20(12)29/h3-7,15,22,26-27H,8-11,24H2,1-2H3,(H2,25,31)/t15-,22-/m0/s1. The molecule has 174 valence electrons. The van der Waals surface area contributed by atoms with Gasteiger partial charge in [0.2, 0.25) is 11.6 Å². The molecule has 6 N–H and O–H groups in total. The first-order chi connectivity index (χ1) is 15.8. The van der Waals surface area contributed by atoms with Gasteiger partial charge in [-0.2, -0.15) is 0 Å². The largest absolute Gasteiger partial charge is 0.445 e. The minimum Gasteiger partial charge on any atom is -0.445 e. The van der Waals surface area contributed by atoms with E-state index < -0.39 is 18.2 Å². The fourth-order valence-electron chi connectivity index (χ4n) is 4.52. The minimum atomic E-state index is -0.980. The summed E-state index contributed by atoms with van der Waals surface area (Å²) in [5.41, 5.74) is 14.3. The van der Waals surface area contributed by atoms with Crippen molar-refractivity contribution >= 4 is 23.3 Å². The zero-order valence-electron chi connectivity index (χ0n) is 18.5. The normalized spacial score (nSPS) is 19.4. The van der Waals surface area contributed by atoms with Crippen LogP contribution in [0.25, 0.3) is 0 Å². The van der Waals surface area contributed by atoms with Crippen LogP contribution in [-0.4, -0.2) is 48.5 Å². The van der Waals surface area contributed by atoms with Crippen LogP contribution in [0.2, 0.25) is 0 Å². The third-order valence-electron chi connectivity index (χ3n) is 5.99. The van der Waals surface area contributed by atoms with Gasteiger partial charge in [0.25, 0.3) is 0 Å². The van der Waals surface area contributed by atoms with Crippen molar-refractivity contribution in [1.82, 2.24) is 9.88 Å². The Hall–Kier alpha value is -3.63. The van der Waals surface area contributed by atoms with Crippen molar-refractivity contribution in [3.05, 3.63) is 64.1 Å². The van der Waals surface area contributed by atoms with Gasteiger partial charge in [-0.25, -0.2) is 4.79 Å². The molecule has 4 rings (SSSR count). The number of primary amides is 1. The molecule has 0 fully saturated rings. The Morgan fingerprint density at radius 2 is 1.85 bits per heavy atom. The van der Waals surface area contributed by atoms with Crippen LogP contribution < -0.4 is 22.1 Å². The van der Waals surface area contributed by atoms with Crippen LogP contribution in [0.4, 0.5) is 10.5 Å². The first-order valence-corrected chi connectivity index (χ1v) is 10.6. The maximum Gasteiger partial charge on any atom is 0.404 e. The highest BCUT2D eigenvalue weighted by Gasteiger charge is 2.44. The van der Waals surface area contributed by atoms with Gasteiger partial charge in [0.1, 0.15) is 18.4 Å². The molecular formula is C23H27N5O5. The van der Waals surface area contributed by atoms with Crippen LogP contribution in [0.5, 0.6) is 0 Å². The minimum absolute atomic E-state index is 0.203. The van der Waals surface area contributed by atoms with Crippen LogP contribution in [0.3, 0.4) is 0 Å². The number of benzene rings is 1. The summed E-state index contributed by atoms with van der Waals surface area (Å²) in [7, 11) is 1.50. The van der Waals surface area contributed by atoms with Crippen molar-refractivity contribution in [3.8, 4) is 0 Å². The van der Waals surface area contributed by atoms with E-state index in [1.54, 1.807) is 11.5 Å². The van der Waals surface area contributed by atoms with E-state index in [2.05, 4.69) is 10.6 Å². The number of methoxy groups -OCH3 is 1. The summed E-state index contributed by atoms with van der Waals surface area (Å²) in [6.45, 7) is 2.64. The van der Waals surface area contributed by atoms with E-state index in [9.17, 15) is 14.4 Å². The molecule has 1 aliphatic heterocycles. The number of anilines is 1. The van der Waals surface area contributed by atoms with Gasteiger partial charge in [0.05, 0.1) is 23.0 Å². The molecule has 2 aliphatic rings. The van der Waals surface area contributed by atoms with Gasteiger partial charge < -0.3 is 36.1 Å². The summed E-state index contributed by atoms with van der Waals surface area (Å²) in [4.78, 5) is 38.2. The van der Waals surface area contributed by atoms with Gasteiger partial charge in [-0.3, -0.25) is 9.59 Å². The van der Waals surface area contributed by atoms with Crippen LogP contribution in [0.15, 0.2) is 41.6 Å². The molecule has 2 heterocycles. The predicted octanol–water partition coefficient (Wildman–Crippen LogP) is 1.47. The number of ketones is 2. The summed E-state index contributed by atoms with van der Waals surface area (Å²) >= 11 is 0. The molecule has 0 bridgehead atoms. The summed E-state index contributed by atoms with van der Waals surface area (Å²) in [5, 5.41) is 6.35. The zero-order chi connectivity index (χ0) is 23.7. The number of allylic oxidation sites excluding steroid dienone is 2. The molecule has 1 aromatic carbocycles. The third kappa shape index (κ3) is 3.98. The van der Waals surface area contributed by atoms with Crippen LogP contribution >= 0.6 is 0 Å². The van der Waals surface area contributed by atoms with Crippen LogP contribution in [-0.2, 0) is 22.6 Å². The number of nitrogens with zero attached hydrogens (tertiary/aromatic N) is 1. The Morgan fingerprint density at radius 3 is 2.52 bits per heavy atom. The molecular weight excluding hydrogens is 426 g/mol. The van der Waals surface area contributed by atoms with Gasteiger partial charge in [-0.05, 0) is 19.1 Å². The number of hydrogen-bond acceptors (Lipinski definition) is 8. The lowest BCUT2D eigenvalue weighted by Crippen LogP contribution is -2.34. The first kappa shape index (κ1) is 22.6. The lowest BCUT2D eigenvalue weighted by atomic mass is 9.89. The van der Waals surface area contributed by atoms with Gasteiger partial charge in [-0.1, -0.05) is 18.2 Å². The molecule has 10 nitrogen and oxygen atoms in total. The topological polar surface area (TPSA) is 151 Å². The smallest absolute Gasteiger partial charge is 0.404 e. The second-order valence-corrected chi connectivity index (χ2v) is 8.00. The third-order valence-corrected chi connectivity index (χ3v) is 5.99. The molecule has 0 radical (unpaired) electrons. The van der Waals surface area contributed by atoms with Gasteiger partial charge in [0.15, 0.2) is 0 Å². The molecule has 0 unspecified atom stereocenters. The van der Waals surface area contributed by atoms with E-state index in [4.69, 9.17) is 20.9 Å². The Labute approximate surface area is 190 Å². The Balaban J connectivity index is 1.63. The Kier molecular flexibility index (Phi) is 6.21. The van der Waals surface area contributed by atoms with Crippen molar-refractivity contribution in [3.63, 3.8) is 0 Å². The van der Waals surface area contributed by atoms with Crippen molar-refractivity contribution in [2.24, 2.45) is 11.5 Å². The maximum absolute atomic E-state index is 13.5. The molecule has 1 aromatic heterocycles. The predicted molar refractivity (Wildman–Crippen MR) is 121 cm³/mol. The number of aromatic nitrogens is 1. The number of hydrogen-bond donors (Lipinski definition) is 4. The molecule has 1 amide bonds.